The Bertz CT molecular complexity index is 1050. The van der Waals surface area contributed by atoms with Crippen molar-refractivity contribution in [2.24, 2.45) is 5.92 Å². The first-order valence-corrected chi connectivity index (χ1v) is 11.7. The molecule has 3 atom stereocenters. The number of ether oxygens (including phenoxy) is 2. The van der Waals surface area contributed by atoms with Crippen molar-refractivity contribution < 1.29 is 33.8 Å². The van der Waals surface area contributed by atoms with Gasteiger partial charge in [0.25, 0.3) is 11.8 Å². The van der Waals surface area contributed by atoms with Crippen LogP contribution in [0.25, 0.3) is 0 Å². The average molecular weight is 498 g/mol. The van der Waals surface area contributed by atoms with Gasteiger partial charge in [0.2, 0.25) is 0 Å². The van der Waals surface area contributed by atoms with Crippen LogP contribution in [0.3, 0.4) is 0 Å². The Morgan fingerprint density at radius 1 is 1.00 bits per heavy atom. The number of carbonyl (C=O) groups is 4. The van der Waals surface area contributed by atoms with Crippen LogP contribution >= 0.6 is 0 Å². The molecule has 1 aliphatic heterocycles. The number of amides is 3. The van der Waals surface area contributed by atoms with Crippen LogP contribution in [-0.4, -0.2) is 58.8 Å². The van der Waals surface area contributed by atoms with Gasteiger partial charge in [0.1, 0.15) is 19.2 Å². The zero-order chi connectivity index (χ0) is 26.1. The van der Waals surface area contributed by atoms with E-state index in [1.807, 2.05) is 48.5 Å². The van der Waals surface area contributed by atoms with E-state index in [-0.39, 0.29) is 18.6 Å². The number of benzene rings is 2. The van der Waals surface area contributed by atoms with Gasteiger partial charge in [-0.05, 0) is 29.9 Å². The molecule has 1 saturated heterocycles. The van der Waals surface area contributed by atoms with Crippen LogP contribution in [0.2, 0.25) is 0 Å². The van der Waals surface area contributed by atoms with Gasteiger partial charge in [0, 0.05) is 0 Å². The molecule has 0 spiro atoms. The van der Waals surface area contributed by atoms with E-state index < -0.39 is 42.6 Å². The van der Waals surface area contributed by atoms with Gasteiger partial charge >= 0.3 is 12.1 Å². The highest BCUT2D eigenvalue weighted by Crippen LogP contribution is 2.28. The van der Waals surface area contributed by atoms with Crippen molar-refractivity contribution in [3.8, 4) is 0 Å². The number of epoxide rings is 1. The summed E-state index contributed by atoms with van der Waals surface area (Å²) in [5.74, 6) is -3.07. The fraction of sp³-hybridized carbons (Fsp3) is 0.385. The molecule has 3 N–H and O–H groups in total. The second-order valence-electron chi connectivity index (χ2n) is 8.84. The lowest BCUT2D eigenvalue weighted by atomic mass is 10.0. The summed E-state index contributed by atoms with van der Waals surface area (Å²) in [4.78, 5) is 49.4. The maximum absolute atomic E-state index is 12.9. The maximum Gasteiger partial charge on any atom is 0.408 e. The lowest BCUT2D eigenvalue weighted by molar-refractivity contribution is -0.151. The number of carboxylic acids is 1. The van der Waals surface area contributed by atoms with Gasteiger partial charge < -0.3 is 19.9 Å². The molecule has 1 heterocycles. The molecule has 3 rings (SSSR count). The molecule has 1 fully saturated rings. The van der Waals surface area contributed by atoms with Gasteiger partial charge in [0.05, 0.1) is 6.10 Å². The number of hydrogen-bond acceptors (Lipinski definition) is 6. The SMILES string of the molecule is CC(C)[C@H](NC(=O)OCc1ccccc1)C(=O)NN(CC(=O)O)C(=O)[C@@H]1O[C@H]1CCc1ccccc1. The van der Waals surface area contributed by atoms with Crippen LogP contribution in [0.1, 0.15) is 31.4 Å². The first-order chi connectivity index (χ1) is 17.2. The van der Waals surface area contributed by atoms with Crippen LogP contribution in [0.15, 0.2) is 60.7 Å². The number of nitrogens with one attached hydrogen (secondary N) is 2. The van der Waals surface area contributed by atoms with Gasteiger partial charge in [-0.3, -0.25) is 19.8 Å². The molecular weight excluding hydrogens is 466 g/mol. The molecule has 10 nitrogen and oxygen atoms in total. The normalized spacial score (nSPS) is 17.1. The summed E-state index contributed by atoms with van der Waals surface area (Å²) in [5, 5.41) is 12.5. The predicted molar refractivity (Wildman–Crippen MR) is 129 cm³/mol. The smallest absolute Gasteiger partial charge is 0.408 e. The Hall–Kier alpha value is -3.92. The zero-order valence-electron chi connectivity index (χ0n) is 20.3. The number of rotatable bonds is 11. The highest BCUT2D eigenvalue weighted by atomic mass is 16.6. The van der Waals surface area contributed by atoms with Crippen molar-refractivity contribution in [3.63, 3.8) is 0 Å². The van der Waals surface area contributed by atoms with E-state index in [0.29, 0.717) is 12.8 Å². The number of nitrogens with zero attached hydrogens (tertiary/aromatic N) is 1. The van der Waals surface area contributed by atoms with Gasteiger partial charge in [0.15, 0.2) is 6.10 Å². The molecule has 0 unspecified atom stereocenters. The molecule has 0 radical (unpaired) electrons. The van der Waals surface area contributed by atoms with E-state index in [1.54, 1.807) is 26.0 Å². The summed E-state index contributed by atoms with van der Waals surface area (Å²) in [7, 11) is 0. The van der Waals surface area contributed by atoms with Crippen molar-refractivity contribution in [3.05, 3.63) is 71.8 Å². The third-order valence-corrected chi connectivity index (χ3v) is 5.63. The van der Waals surface area contributed by atoms with E-state index in [4.69, 9.17) is 9.47 Å². The lowest BCUT2D eigenvalue weighted by Gasteiger charge is -2.26. The number of aliphatic carboxylic acids is 1. The molecule has 0 saturated carbocycles. The van der Waals surface area contributed by atoms with Crippen LogP contribution < -0.4 is 10.7 Å². The molecule has 0 aromatic heterocycles. The number of aryl methyl sites for hydroxylation is 1. The Balaban J connectivity index is 1.55. The number of alkyl carbamates (subject to hydrolysis) is 1. The van der Waals surface area contributed by atoms with Gasteiger partial charge in [-0.25, -0.2) is 9.80 Å². The molecule has 3 amide bonds. The fourth-order valence-electron chi connectivity index (χ4n) is 3.62. The standard InChI is InChI=1S/C26H31N3O7/c1-17(2)22(27-26(34)35-16-19-11-7-4-8-12-19)24(32)28-29(15-21(30)31)25(33)23-20(36-23)14-13-18-9-5-3-6-10-18/h3-12,17,20,22-23H,13-16H2,1-2H3,(H,27,34)(H,28,32)(H,30,31)/t20-,22-,23+/m0/s1. The van der Waals surface area contributed by atoms with E-state index in [2.05, 4.69) is 10.7 Å². The molecule has 2 aromatic carbocycles. The van der Waals surface area contributed by atoms with Crippen LogP contribution in [0.5, 0.6) is 0 Å². The second-order valence-corrected chi connectivity index (χ2v) is 8.84. The first kappa shape index (κ1) is 26.7. The Morgan fingerprint density at radius 2 is 1.61 bits per heavy atom. The van der Waals surface area contributed by atoms with Crippen molar-refractivity contribution in [1.29, 1.82) is 0 Å². The molecule has 1 aliphatic rings. The van der Waals surface area contributed by atoms with Crippen molar-refractivity contribution in [2.45, 2.75) is 51.5 Å². The molecule has 0 bridgehead atoms. The van der Waals surface area contributed by atoms with E-state index >= 15 is 0 Å². The van der Waals surface area contributed by atoms with Crippen molar-refractivity contribution >= 4 is 23.9 Å². The maximum atomic E-state index is 12.9. The largest absolute Gasteiger partial charge is 0.480 e. The Kier molecular flexibility index (Phi) is 9.40. The number of carbonyl (C=O) groups excluding carboxylic acids is 3. The molecule has 10 heteroatoms. The summed E-state index contributed by atoms with van der Waals surface area (Å²) in [5.41, 5.74) is 4.22. The van der Waals surface area contributed by atoms with E-state index in [9.17, 15) is 24.3 Å². The third kappa shape index (κ3) is 8.09. The summed E-state index contributed by atoms with van der Waals surface area (Å²) < 4.78 is 10.6. The average Bonchev–Trinajstić information content (AvgIpc) is 3.64. The predicted octanol–water partition coefficient (Wildman–Crippen LogP) is 2.28. The minimum absolute atomic E-state index is 0.0200. The van der Waals surface area contributed by atoms with Crippen molar-refractivity contribution in [1.82, 2.24) is 15.8 Å². The Labute approximate surface area is 209 Å². The molecule has 0 aliphatic carbocycles. The van der Waals surface area contributed by atoms with Crippen molar-refractivity contribution in [2.75, 3.05) is 6.54 Å². The van der Waals surface area contributed by atoms with Gasteiger partial charge in [-0.15, -0.1) is 0 Å². The topological polar surface area (TPSA) is 138 Å². The second kappa shape index (κ2) is 12.7. The zero-order valence-corrected chi connectivity index (χ0v) is 20.3. The van der Waals surface area contributed by atoms with Gasteiger partial charge in [-0.2, -0.15) is 0 Å². The van der Waals surface area contributed by atoms with Crippen LogP contribution in [0.4, 0.5) is 4.79 Å². The van der Waals surface area contributed by atoms with Gasteiger partial charge in [-0.1, -0.05) is 74.5 Å². The highest BCUT2D eigenvalue weighted by Gasteiger charge is 2.47. The van der Waals surface area contributed by atoms with Crippen LogP contribution in [-0.2, 0) is 36.9 Å². The molecule has 36 heavy (non-hydrogen) atoms. The summed E-state index contributed by atoms with van der Waals surface area (Å²) >= 11 is 0. The number of carboxylic acid groups (broad SMARTS) is 1. The number of hydrogen-bond donors (Lipinski definition) is 3. The summed E-state index contributed by atoms with van der Waals surface area (Å²) in [6.07, 6.45) is -0.730. The monoisotopic (exact) mass is 497 g/mol. The fourth-order valence-corrected chi connectivity index (χ4v) is 3.62. The number of hydrazine groups is 1. The highest BCUT2D eigenvalue weighted by molar-refractivity contribution is 5.91. The van der Waals surface area contributed by atoms with Crippen LogP contribution in [0, 0.1) is 5.92 Å². The third-order valence-electron chi connectivity index (χ3n) is 5.63. The first-order valence-electron chi connectivity index (χ1n) is 11.7. The lowest BCUT2D eigenvalue weighted by Crippen LogP contribution is -2.57. The molecular formula is C26H31N3O7. The summed E-state index contributed by atoms with van der Waals surface area (Å²) in [6.45, 7) is 2.68. The Morgan fingerprint density at radius 3 is 2.19 bits per heavy atom. The van der Waals surface area contributed by atoms with E-state index in [1.165, 1.54) is 0 Å². The minimum Gasteiger partial charge on any atom is -0.480 e. The minimum atomic E-state index is -1.30. The molecule has 192 valence electrons. The van der Waals surface area contributed by atoms with E-state index in [0.717, 1.165) is 16.1 Å². The summed E-state index contributed by atoms with van der Waals surface area (Å²) in [6, 6.07) is 17.7. The quantitative estimate of drug-likeness (QED) is 0.320. The molecule has 2 aromatic rings.